The summed E-state index contributed by atoms with van der Waals surface area (Å²) in [5.74, 6) is 1.13. The van der Waals surface area contributed by atoms with Gasteiger partial charge in [-0.2, -0.15) is 0 Å². The monoisotopic (exact) mass is 952 g/mol. The highest BCUT2D eigenvalue weighted by molar-refractivity contribution is 14.1. The summed E-state index contributed by atoms with van der Waals surface area (Å²) in [5.41, 5.74) is 3.43. The molecule has 5 aromatic rings. The highest BCUT2D eigenvalue weighted by atomic mass is 127. The van der Waals surface area contributed by atoms with Gasteiger partial charge in [0.05, 0.1) is 59.9 Å². The number of benzene rings is 4. The Balaban J connectivity index is 1.49. The highest BCUT2D eigenvalue weighted by Gasteiger charge is 2.35. The topological polar surface area (TPSA) is 88.4 Å². The fourth-order valence-corrected chi connectivity index (χ4v) is 8.97. The fraction of sp³-hybridized carbons (Fsp3) is 0.162. The minimum Gasteiger partial charge on any atom is -0.493 e. The number of hydrogen-bond acceptors (Lipinski definition) is 8. The highest BCUT2D eigenvalue weighted by Crippen LogP contribution is 2.38. The van der Waals surface area contributed by atoms with Crippen LogP contribution in [0.25, 0.3) is 11.8 Å². The average Bonchev–Trinajstić information content (AvgIpc) is 3.42. The summed E-state index contributed by atoms with van der Waals surface area (Å²) in [5, 5.41) is 0.949. The zero-order valence-electron chi connectivity index (χ0n) is 26.8. The van der Waals surface area contributed by atoms with E-state index in [0.29, 0.717) is 48.7 Å². The molecule has 13 heteroatoms. The Labute approximate surface area is 329 Å². The number of carbonyl (C=O) groups is 1. The summed E-state index contributed by atoms with van der Waals surface area (Å²) >= 11 is 18.0. The van der Waals surface area contributed by atoms with Gasteiger partial charge in [0.25, 0.3) is 5.56 Å². The Kier molecular flexibility index (Phi) is 11.6. The minimum atomic E-state index is -0.861. The molecule has 0 unspecified atom stereocenters. The molecule has 1 aromatic heterocycles. The molecule has 0 fully saturated rings. The van der Waals surface area contributed by atoms with E-state index in [0.717, 1.165) is 29.6 Å². The lowest BCUT2D eigenvalue weighted by Crippen LogP contribution is -2.40. The molecule has 0 saturated heterocycles. The van der Waals surface area contributed by atoms with Gasteiger partial charge in [0, 0.05) is 5.56 Å². The first-order valence-electron chi connectivity index (χ1n) is 15.2. The van der Waals surface area contributed by atoms with Crippen LogP contribution in [0.5, 0.6) is 17.2 Å². The maximum atomic E-state index is 14.4. The lowest BCUT2D eigenvalue weighted by atomic mass is 9.93. The number of esters is 1. The fourth-order valence-electron chi connectivity index (χ4n) is 5.52. The van der Waals surface area contributed by atoms with Gasteiger partial charge >= 0.3 is 5.97 Å². The van der Waals surface area contributed by atoms with Gasteiger partial charge in [0.1, 0.15) is 12.4 Å². The number of halogens is 4. The van der Waals surface area contributed by atoms with Crippen LogP contribution in [0.1, 0.15) is 35.2 Å². The molecule has 256 valence electrons. The summed E-state index contributed by atoms with van der Waals surface area (Å²) in [6.45, 7) is 2.20. The molecule has 0 amide bonds. The van der Waals surface area contributed by atoms with Crippen LogP contribution in [-0.4, -0.2) is 31.4 Å². The SMILES string of the molecule is CCOC(=O)C1=C(c2ccccc2)N=c2s/c(=C\c3cc(I)c(OCc4ccc(Cl)c(Cl)c4)c(I)c3)c(=O)n2[C@@H]1c1ccc(OC)c(OC)c1. The van der Waals surface area contributed by atoms with Crippen LogP contribution in [0.4, 0.5) is 0 Å². The molecule has 0 spiro atoms. The van der Waals surface area contributed by atoms with Crippen LogP contribution in [0.3, 0.4) is 0 Å². The van der Waals surface area contributed by atoms with E-state index in [1.165, 1.54) is 18.4 Å². The molecule has 1 aliphatic heterocycles. The predicted molar refractivity (Wildman–Crippen MR) is 213 cm³/mol. The number of aromatic nitrogens is 1. The van der Waals surface area contributed by atoms with E-state index in [2.05, 4.69) is 45.2 Å². The Hall–Kier alpha value is -3.37. The number of hydrogen-bond donors (Lipinski definition) is 0. The van der Waals surface area contributed by atoms with Gasteiger partial charge in [-0.15, -0.1) is 0 Å². The van der Waals surface area contributed by atoms with Gasteiger partial charge < -0.3 is 18.9 Å². The average molecular weight is 953 g/mol. The second kappa shape index (κ2) is 15.9. The summed E-state index contributed by atoms with van der Waals surface area (Å²) in [4.78, 5) is 33.6. The zero-order chi connectivity index (χ0) is 35.5. The van der Waals surface area contributed by atoms with Crippen LogP contribution >= 0.6 is 79.7 Å². The number of carbonyl (C=O) groups excluding carboxylic acids is 1. The molecule has 0 saturated carbocycles. The zero-order valence-corrected chi connectivity index (χ0v) is 33.5. The number of rotatable bonds is 10. The number of nitrogens with zero attached hydrogens (tertiary/aromatic N) is 2. The van der Waals surface area contributed by atoms with Crippen molar-refractivity contribution in [2.75, 3.05) is 20.8 Å². The van der Waals surface area contributed by atoms with E-state index >= 15 is 0 Å². The van der Waals surface area contributed by atoms with E-state index < -0.39 is 12.0 Å². The van der Waals surface area contributed by atoms with Crippen molar-refractivity contribution in [3.05, 3.63) is 144 Å². The molecule has 0 aliphatic carbocycles. The van der Waals surface area contributed by atoms with E-state index in [1.807, 2.05) is 60.7 Å². The van der Waals surface area contributed by atoms with Crippen molar-refractivity contribution in [2.45, 2.75) is 19.6 Å². The second-order valence-electron chi connectivity index (χ2n) is 10.9. The predicted octanol–water partition coefficient (Wildman–Crippen LogP) is 8.05. The summed E-state index contributed by atoms with van der Waals surface area (Å²) in [6.07, 6.45) is 1.83. The van der Waals surface area contributed by atoms with Crippen molar-refractivity contribution in [1.82, 2.24) is 4.57 Å². The molecule has 1 atom stereocenters. The third kappa shape index (κ3) is 7.47. The van der Waals surface area contributed by atoms with E-state index in [9.17, 15) is 9.59 Å². The number of ether oxygens (including phenoxy) is 4. The van der Waals surface area contributed by atoms with Gasteiger partial charge in [0.15, 0.2) is 16.3 Å². The molecule has 0 bridgehead atoms. The minimum absolute atomic E-state index is 0.151. The van der Waals surface area contributed by atoms with Crippen LogP contribution in [0, 0.1) is 7.14 Å². The standard InChI is InChI=1S/C37H28Cl2I2N2O6S/c1-4-48-36(45)31-32(22-8-6-5-7-9-22)42-37-43(33(31)23-11-13-28(46-2)29(18-23)47-3)35(44)30(50-37)17-21-15-26(40)34(27(41)16-21)49-19-20-10-12-24(38)25(39)14-20/h5-18,33H,4,19H2,1-3H3/b30-17-/t33-/m1/s1. The van der Waals surface area contributed by atoms with Gasteiger partial charge in [-0.05, 0) is 111 Å². The van der Waals surface area contributed by atoms with Crippen molar-refractivity contribution in [3.8, 4) is 17.2 Å². The van der Waals surface area contributed by atoms with Crippen LogP contribution in [0.2, 0.25) is 10.0 Å². The number of fused-ring (bicyclic) bond motifs is 1. The summed E-state index contributed by atoms with van der Waals surface area (Å²) in [6, 6.07) is 23.2. The van der Waals surface area contributed by atoms with E-state index in [-0.39, 0.29) is 17.7 Å². The van der Waals surface area contributed by atoms with Crippen LogP contribution in [0.15, 0.2) is 94.2 Å². The first-order chi connectivity index (χ1) is 24.1. The van der Waals surface area contributed by atoms with Gasteiger partial charge in [-0.25, -0.2) is 9.79 Å². The van der Waals surface area contributed by atoms with Crippen molar-refractivity contribution in [3.63, 3.8) is 0 Å². The van der Waals surface area contributed by atoms with Gasteiger partial charge in [0.2, 0.25) is 0 Å². The number of thiazole rings is 1. The molecule has 0 N–H and O–H groups in total. The Morgan fingerprint density at radius 3 is 2.32 bits per heavy atom. The van der Waals surface area contributed by atoms with Crippen molar-refractivity contribution < 1.29 is 23.7 Å². The molecule has 50 heavy (non-hydrogen) atoms. The Morgan fingerprint density at radius 2 is 1.66 bits per heavy atom. The molecule has 1 aliphatic rings. The second-order valence-corrected chi connectivity index (χ2v) is 15.0. The van der Waals surface area contributed by atoms with Crippen molar-refractivity contribution in [1.29, 1.82) is 0 Å². The molecule has 2 heterocycles. The molecule has 8 nitrogen and oxygen atoms in total. The largest absolute Gasteiger partial charge is 0.493 e. The molecule has 0 radical (unpaired) electrons. The van der Waals surface area contributed by atoms with Gasteiger partial charge in [-0.1, -0.05) is 77.0 Å². The Bertz CT molecular complexity index is 2300. The van der Waals surface area contributed by atoms with Gasteiger partial charge in [-0.3, -0.25) is 9.36 Å². The van der Waals surface area contributed by atoms with Crippen molar-refractivity contribution >= 4 is 97.5 Å². The lowest BCUT2D eigenvalue weighted by Gasteiger charge is -2.26. The molecular weight excluding hydrogens is 925 g/mol. The molecule has 6 rings (SSSR count). The Morgan fingerprint density at radius 1 is 0.940 bits per heavy atom. The van der Waals surface area contributed by atoms with Crippen LogP contribution < -0.4 is 29.1 Å². The maximum absolute atomic E-state index is 14.4. The van der Waals surface area contributed by atoms with Crippen LogP contribution in [-0.2, 0) is 16.1 Å². The third-order valence-corrected chi connectivity index (χ3v) is 11.1. The van der Waals surface area contributed by atoms with E-state index in [4.69, 9.17) is 47.1 Å². The summed E-state index contributed by atoms with van der Waals surface area (Å²) < 4.78 is 26.6. The molecular formula is C37H28Cl2I2N2O6S. The normalized spacial score (nSPS) is 14.2. The first kappa shape index (κ1) is 36.4. The lowest BCUT2D eigenvalue weighted by molar-refractivity contribution is -0.138. The maximum Gasteiger partial charge on any atom is 0.338 e. The van der Waals surface area contributed by atoms with E-state index in [1.54, 1.807) is 42.9 Å². The summed E-state index contributed by atoms with van der Waals surface area (Å²) in [7, 11) is 3.09. The smallest absolute Gasteiger partial charge is 0.338 e. The first-order valence-corrected chi connectivity index (χ1v) is 18.9. The quantitative estimate of drug-likeness (QED) is 0.104. The van der Waals surface area contributed by atoms with Crippen molar-refractivity contribution in [2.24, 2.45) is 4.99 Å². The molecule has 4 aromatic carbocycles. The third-order valence-electron chi connectivity index (χ3n) is 7.78. The number of methoxy groups -OCH3 is 2.